The van der Waals surface area contributed by atoms with Gasteiger partial charge in [0, 0.05) is 25.3 Å². The number of cyclic esters (lactones) is 1. The van der Waals surface area contributed by atoms with E-state index in [0.29, 0.717) is 36.1 Å². The van der Waals surface area contributed by atoms with Crippen molar-refractivity contribution >= 4 is 19.5 Å². The molecule has 0 saturated carbocycles. The van der Waals surface area contributed by atoms with Crippen molar-refractivity contribution in [2.24, 2.45) is 5.92 Å². The number of phenolic OH excluding ortho intramolecular Hbond substituents is 1. The number of aromatic hydroxyl groups is 1. The molecule has 9 nitrogen and oxygen atoms in total. The van der Waals surface area contributed by atoms with E-state index in [4.69, 9.17) is 23.3 Å². The number of carbonyl (C=O) groups is 2. The van der Waals surface area contributed by atoms with Crippen molar-refractivity contribution in [3.8, 4) is 11.5 Å². The second-order valence-electron chi connectivity index (χ2n) is 7.96. The summed E-state index contributed by atoms with van der Waals surface area (Å²) in [6.45, 7) is 3.81. The van der Waals surface area contributed by atoms with Crippen molar-refractivity contribution in [2.45, 2.75) is 39.7 Å². The van der Waals surface area contributed by atoms with E-state index in [1.807, 2.05) is 19.9 Å². The Morgan fingerprint density at radius 1 is 1.21 bits per heavy atom. The number of benzene rings is 1. The zero-order chi connectivity index (χ0) is 25.5. The first-order chi connectivity index (χ1) is 16.1. The molecular formula is C24H33O9P. The number of esters is 2. The lowest BCUT2D eigenvalue weighted by molar-refractivity contribution is -0.145. The summed E-state index contributed by atoms with van der Waals surface area (Å²) in [5.74, 6) is -1.00. The smallest absolute Gasteiger partial charge is 0.342 e. The zero-order valence-corrected chi connectivity index (χ0v) is 21.4. The summed E-state index contributed by atoms with van der Waals surface area (Å²) in [4.78, 5) is 24.4. The molecule has 0 aliphatic carbocycles. The highest BCUT2D eigenvalue weighted by Gasteiger charge is 2.32. The summed E-state index contributed by atoms with van der Waals surface area (Å²) < 4.78 is 37.4. The van der Waals surface area contributed by atoms with E-state index in [1.165, 1.54) is 28.4 Å². The molecule has 0 radical (unpaired) electrons. The molecule has 1 unspecified atom stereocenters. The summed E-state index contributed by atoms with van der Waals surface area (Å²) in [6.07, 6.45) is 6.50. The predicted octanol–water partition coefficient (Wildman–Crippen LogP) is 4.48. The highest BCUT2D eigenvalue weighted by Crippen LogP contribution is 2.46. The molecule has 0 saturated heterocycles. The van der Waals surface area contributed by atoms with E-state index in [1.54, 1.807) is 12.2 Å². The molecule has 2 rings (SSSR count). The fraction of sp³-hybridized carbons (Fsp3) is 0.500. The van der Waals surface area contributed by atoms with Gasteiger partial charge in [-0.3, -0.25) is 9.36 Å². The van der Waals surface area contributed by atoms with Crippen LogP contribution in [0.25, 0.3) is 0 Å². The van der Waals surface area contributed by atoms with Crippen molar-refractivity contribution in [1.29, 1.82) is 0 Å². The number of hydrogen-bond acceptors (Lipinski definition) is 9. The molecule has 1 N–H and O–H groups in total. The summed E-state index contributed by atoms with van der Waals surface area (Å²) in [6, 6.07) is 0. The third-order valence-corrected chi connectivity index (χ3v) is 7.65. The van der Waals surface area contributed by atoms with Crippen LogP contribution in [0.15, 0.2) is 23.8 Å². The van der Waals surface area contributed by atoms with Gasteiger partial charge in [-0.15, -0.1) is 0 Å². The first kappa shape index (κ1) is 27.6. The van der Waals surface area contributed by atoms with Crippen LogP contribution in [0.2, 0.25) is 0 Å². The maximum absolute atomic E-state index is 12.3. The van der Waals surface area contributed by atoms with E-state index in [-0.39, 0.29) is 30.1 Å². The first-order valence-electron chi connectivity index (χ1n) is 10.8. The molecule has 188 valence electrons. The standard InChI is InChI=1S/C24H33O9P/c1-15(13-17(23(26)30-4)9-7-8-12-34(28,31-5)32-6)10-11-18-21(25)20-19(14-33-24(20)27)16(2)22(18)29-3/h7-8,10,17,25H,9,11-14H2,1-6H3. The largest absolute Gasteiger partial charge is 0.507 e. The van der Waals surface area contributed by atoms with Gasteiger partial charge in [0.15, 0.2) is 0 Å². The van der Waals surface area contributed by atoms with Gasteiger partial charge >= 0.3 is 19.5 Å². The Morgan fingerprint density at radius 2 is 1.88 bits per heavy atom. The normalized spacial score (nSPS) is 14.8. The summed E-state index contributed by atoms with van der Waals surface area (Å²) in [7, 11) is 2.33. The number of allylic oxidation sites excluding steroid dienone is 4. The molecule has 0 spiro atoms. The van der Waals surface area contributed by atoms with E-state index in [0.717, 1.165) is 11.1 Å². The second kappa shape index (κ2) is 12.2. The lowest BCUT2D eigenvalue weighted by Gasteiger charge is -2.16. The lowest BCUT2D eigenvalue weighted by atomic mass is 9.93. The second-order valence-corrected chi connectivity index (χ2v) is 10.3. The molecule has 34 heavy (non-hydrogen) atoms. The molecule has 1 aliphatic rings. The van der Waals surface area contributed by atoms with E-state index < -0.39 is 19.5 Å². The third-order valence-electron chi connectivity index (χ3n) is 5.88. The van der Waals surface area contributed by atoms with Crippen LogP contribution in [0.5, 0.6) is 11.5 Å². The minimum absolute atomic E-state index is 0.0991. The Labute approximate surface area is 200 Å². The summed E-state index contributed by atoms with van der Waals surface area (Å²) >= 11 is 0. The number of carbonyl (C=O) groups excluding carboxylic acids is 2. The molecule has 0 bridgehead atoms. The average Bonchev–Trinajstić information content (AvgIpc) is 3.23. The topological polar surface area (TPSA) is 118 Å². The van der Waals surface area contributed by atoms with Crippen LogP contribution in [0, 0.1) is 12.8 Å². The Bertz CT molecular complexity index is 1020. The quantitative estimate of drug-likeness (QED) is 0.254. The predicted molar refractivity (Wildman–Crippen MR) is 126 cm³/mol. The van der Waals surface area contributed by atoms with E-state index in [2.05, 4.69) is 0 Å². The van der Waals surface area contributed by atoms with Gasteiger partial charge in [0.25, 0.3) is 0 Å². The van der Waals surface area contributed by atoms with Crippen LogP contribution < -0.4 is 4.74 Å². The highest BCUT2D eigenvalue weighted by atomic mass is 31.2. The maximum atomic E-state index is 12.3. The number of fused-ring (bicyclic) bond motifs is 1. The maximum Gasteiger partial charge on any atom is 0.342 e. The molecule has 0 fully saturated rings. The van der Waals surface area contributed by atoms with Crippen molar-refractivity contribution < 1.29 is 42.5 Å². The monoisotopic (exact) mass is 496 g/mol. The Hall–Kier alpha value is -2.61. The summed E-state index contributed by atoms with van der Waals surface area (Å²) in [5.41, 5.74) is 2.95. The van der Waals surface area contributed by atoms with Crippen molar-refractivity contribution in [3.05, 3.63) is 46.1 Å². The van der Waals surface area contributed by atoms with Gasteiger partial charge in [0.05, 0.1) is 26.3 Å². The molecule has 1 aromatic carbocycles. The average molecular weight is 496 g/mol. The minimum atomic E-state index is -3.15. The fourth-order valence-corrected chi connectivity index (χ4v) is 4.75. The molecule has 1 atom stereocenters. The van der Waals surface area contributed by atoms with Crippen LogP contribution in [-0.2, 0) is 40.9 Å². The van der Waals surface area contributed by atoms with Gasteiger partial charge in [0.1, 0.15) is 23.7 Å². The number of rotatable bonds is 12. The molecule has 10 heteroatoms. The van der Waals surface area contributed by atoms with Crippen LogP contribution in [0.1, 0.15) is 46.8 Å². The molecule has 1 aliphatic heterocycles. The van der Waals surface area contributed by atoms with Crippen LogP contribution in [0.3, 0.4) is 0 Å². The lowest BCUT2D eigenvalue weighted by Crippen LogP contribution is -2.16. The third kappa shape index (κ3) is 6.29. The zero-order valence-electron chi connectivity index (χ0n) is 20.5. The first-order valence-corrected chi connectivity index (χ1v) is 12.5. The molecular weight excluding hydrogens is 463 g/mol. The SMILES string of the molecule is COC(=O)C(CC=CCP(=O)(OC)OC)CC(C)=CCc1c(O)c2c(c(C)c1OC)COC2=O. The molecule has 0 aromatic heterocycles. The van der Waals surface area contributed by atoms with E-state index >= 15 is 0 Å². The van der Waals surface area contributed by atoms with Crippen molar-refractivity contribution in [2.75, 3.05) is 34.6 Å². The minimum Gasteiger partial charge on any atom is -0.507 e. The van der Waals surface area contributed by atoms with Crippen LogP contribution >= 0.6 is 7.60 Å². The Morgan fingerprint density at radius 3 is 2.47 bits per heavy atom. The van der Waals surface area contributed by atoms with Gasteiger partial charge in [-0.05, 0) is 38.7 Å². The van der Waals surface area contributed by atoms with Gasteiger partial charge in [-0.2, -0.15) is 0 Å². The highest BCUT2D eigenvalue weighted by molar-refractivity contribution is 7.54. The van der Waals surface area contributed by atoms with Gasteiger partial charge < -0.3 is 28.4 Å². The van der Waals surface area contributed by atoms with Crippen molar-refractivity contribution in [3.63, 3.8) is 0 Å². The van der Waals surface area contributed by atoms with Crippen molar-refractivity contribution in [1.82, 2.24) is 0 Å². The number of phenols is 1. The summed E-state index contributed by atoms with van der Waals surface area (Å²) in [5, 5.41) is 10.8. The molecule has 1 aromatic rings. The van der Waals surface area contributed by atoms with Gasteiger partial charge in [-0.25, -0.2) is 4.79 Å². The molecule has 0 amide bonds. The Kier molecular flexibility index (Phi) is 9.91. The van der Waals surface area contributed by atoms with Gasteiger partial charge in [0.2, 0.25) is 0 Å². The number of ether oxygens (including phenoxy) is 3. The number of methoxy groups -OCH3 is 2. The Balaban J connectivity index is 2.18. The fourth-order valence-electron chi connectivity index (χ4n) is 3.89. The van der Waals surface area contributed by atoms with Crippen LogP contribution in [0.4, 0.5) is 0 Å². The van der Waals surface area contributed by atoms with E-state index in [9.17, 15) is 19.3 Å². The number of hydrogen-bond donors (Lipinski definition) is 1. The van der Waals surface area contributed by atoms with Crippen LogP contribution in [-0.4, -0.2) is 51.6 Å². The van der Waals surface area contributed by atoms with Gasteiger partial charge in [-0.1, -0.05) is 23.8 Å². The molecule has 1 heterocycles.